The molecule has 7 nitrogen and oxygen atoms in total. The van der Waals surface area contributed by atoms with Crippen molar-refractivity contribution < 1.29 is 9.53 Å². The number of hydrogen-bond donors (Lipinski definition) is 2. The normalized spacial score (nSPS) is 10.6. The van der Waals surface area contributed by atoms with E-state index in [0.29, 0.717) is 23.3 Å². The van der Waals surface area contributed by atoms with Crippen molar-refractivity contribution in [3.63, 3.8) is 0 Å². The molecular weight excluding hydrogens is 346 g/mol. The number of esters is 1. The largest absolute Gasteiger partial charge is 0.465 e. The molecule has 3 aromatic rings. The molecule has 0 saturated carbocycles. The van der Waals surface area contributed by atoms with Crippen LogP contribution >= 0.6 is 34.3 Å². The van der Waals surface area contributed by atoms with Crippen molar-refractivity contribution in [3.05, 3.63) is 33.4 Å². The molecule has 114 valence electrons. The summed E-state index contributed by atoms with van der Waals surface area (Å²) in [5.41, 5.74) is 0. The molecule has 0 aliphatic carbocycles. The van der Waals surface area contributed by atoms with Gasteiger partial charge in [0.1, 0.15) is 5.82 Å². The predicted molar refractivity (Wildman–Crippen MR) is 85.5 cm³/mol. The van der Waals surface area contributed by atoms with Crippen LogP contribution in [-0.2, 0) is 11.3 Å². The number of hydrogen-bond acceptors (Lipinski definition) is 8. The minimum Gasteiger partial charge on any atom is -0.465 e. The first-order valence-electron chi connectivity index (χ1n) is 6.11. The van der Waals surface area contributed by atoms with E-state index in [1.807, 2.05) is 17.5 Å². The van der Waals surface area contributed by atoms with E-state index in [2.05, 4.69) is 30.2 Å². The van der Waals surface area contributed by atoms with Gasteiger partial charge >= 0.3 is 5.97 Å². The number of halogens is 1. The molecule has 22 heavy (non-hydrogen) atoms. The van der Waals surface area contributed by atoms with Crippen LogP contribution in [0.3, 0.4) is 0 Å². The highest BCUT2D eigenvalue weighted by Gasteiger charge is 2.17. The third kappa shape index (κ3) is 3.11. The molecule has 0 aliphatic rings. The lowest BCUT2D eigenvalue weighted by atomic mass is 10.4. The predicted octanol–water partition coefficient (Wildman–Crippen LogP) is 3.04. The average Bonchev–Trinajstić information content (AvgIpc) is 3.24. The Labute approximate surface area is 138 Å². The Balaban J connectivity index is 1.67. The van der Waals surface area contributed by atoms with Crippen molar-refractivity contribution in [3.8, 4) is 10.7 Å². The van der Waals surface area contributed by atoms with Gasteiger partial charge in [0.15, 0.2) is 21.0 Å². The number of H-pyrrole nitrogens is 1. The molecule has 0 atom stereocenters. The van der Waals surface area contributed by atoms with Crippen LogP contribution in [0, 0.1) is 0 Å². The van der Waals surface area contributed by atoms with Crippen molar-refractivity contribution in [1.82, 2.24) is 20.2 Å². The van der Waals surface area contributed by atoms with Crippen molar-refractivity contribution in [2.75, 3.05) is 12.4 Å². The number of thiophene rings is 1. The molecule has 0 spiro atoms. The Morgan fingerprint density at radius 2 is 2.36 bits per heavy atom. The van der Waals surface area contributed by atoms with Crippen molar-refractivity contribution in [2.24, 2.45) is 0 Å². The Morgan fingerprint density at radius 1 is 1.50 bits per heavy atom. The number of aromatic nitrogens is 4. The summed E-state index contributed by atoms with van der Waals surface area (Å²) < 4.78 is 4.63. The lowest BCUT2D eigenvalue weighted by molar-refractivity contribution is 0.0606. The molecular formula is C12H10ClN5O2S2. The molecule has 0 bridgehead atoms. The molecule has 0 fully saturated rings. The van der Waals surface area contributed by atoms with Crippen LogP contribution in [0.2, 0.25) is 5.15 Å². The maximum Gasteiger partial charge on any atom is 0.351 e. The molecule has 3 rings (SSSR count). The molecule has 3 heterocycles. The highest BCUT2D eigenvalue weighted by molar-refractivity contribution is 7.18. The number of methoxy groups -OCH3 is 1. The van der Waals surface area contributed by atoms with Crippen LogP contribution in [0.4, 0.5) is 5.13 Å². The minimum atomic E-state index is -0.504. The van der Waals surface area contributed by atoms with Crippen LogP contribution < -0.4 is 5.32 Å². The first kappa shape index (κ1) is 14.9. The summed E-state index contributed by atoms with van der Waals surface area (Å²) in [6, 6.07) is 3.90. The van der Waals surface area contributed by atoms with Gasteiger partial charge in [0, 0.05) is 0 Å². The fourth-order valence-corrected chi connectivity index (χ4v) is 3.40. The number of aromatic amines is 1. The number of anilines is 1. The fourth-order valence-electron chi connectivity index (χ4n) is 1.65. The maximum absolute atomic E-state index is 11.5. The molecule has 0 radical (unpaired) electrons. The second-order valence-corrected chi connectivity index (χ2v) is 6.37. The summed E-state index contributed by atoms with van der Waals surface area (Å²) in [5.74, 6) is 0.809. The van der Waals surface area contributed by atoms with E-state index in [9.17, 15) is 4.79 Å². The van der Waals surface area contributed by atoms with Gasteiger partial charge in [-0.25, -0.2) is 14.8 Å². The van der Waals surface area contributed by atoms with Gasteiger partial charge in [-0.1, -0.05) is 29.0 Å². The van der Waals surface area contributed by atoms with Gasteiger partial charge in [0.25, 0.3) is 0 Å². The third-order valence-electron chi connectivity index (χ3n) is 2.64. The highest BCUT2D eigenvalue weighted by atomic mass is 35.5. The lowest BCUT2D eigenvalue weighted by Crippen LogP contribution is -2.00. The standard InChI is InChI=1S/C12H10ClN5O2S2/c1-20-11(19)8-9(13)16-12(22-8)14-5-7-15-10(18-17-7)6-3-2-4-21-6/h2-4H,5H2,1H3,(H,14,16)(H,15,17,18). The number of nitrogens with zero attached hydrogens (tertiary/aromatic N) is 3. The quantitative estimate of drug-likeness (QED) is 0.683. The van der Waals surface area contributed by atoms with Crippen LogP contribution in [0.5, 0.6) is 0 Å². The van der Waals surface area contributed by atoms with E-state index in [1.54, 1.807) is 11.3 Å². The SMILES string of the molecule is COC(=O)c1sc(NCc2nc(-c3cccs3)n[nH]2)nc1Cl. The summed E-state index contributed by atoms with van der Waals surface area (Å²) in [6.45, 7) is 0.392. The molecule has 0 aliphatic heterocycles. The number of carbonyl (C=O) groups excluding carboxylic acids is 1. The van der Waals surface area contributed by atoms with Gasteiger partial charge < -0.3 is 10.1 Å². The lowest BCUT2D eigenvalue weighted by Gasteiger charge is -1.97. The van der Waals surface area contributed by atoms with E-state index in [0.717, 1.165) is 16.2 Å². The maximum atomic E-state index is 11.5. The molecule has 0 unspecified atom stereocenters. The average molecular weight is 356 g/mol. The first-order valence-corrected chi connectivity index (χ1v) is 8.18. The van der Waals surface area contributed by atoms with Crippen LogP contribution in [0.25, 0.3) is 10.7 Å². The smallest absolute Gasteiger partial charge is 0.351 e. The van der Waals surface area contributed by atoms with Crippen molar-refractivity contribution in [2.45, 2.75) is 6.54 Å². The highest BCUT2D eigenvalue weighted by Crippen LogP contribution is 2.27. The van der Waals surface area contributed by atoms with Crippen molar-refractivity contribution in [1.29, 1.82) is 0 Å². The summed E-state index contributed by atoms with van der Waals surface area (Å²) in [5, 5.41) is 12.7. The Hall–Kier alpha value is -1.97. The number of nitrogens with one attached hydrogen (secondary N) is 2. The van der Waals surface area contributed by atoms with Crippen LogP contribution in [-0.4, -0.2) is 33.2 Å². The molecule has 0 saturated heterocycles. The number of carbonyl (C=O) groups is 1. The van der Waals surface area contributed by atoms with Gasteiger partial charge in [-0.3, -0.25) is 5.10 Å². The Morgan fingerprint density at radius 3 is 3.09 bits per heavy atom. The number of thiazole rings is 1. The number of rotatable bonds is 5. The van der Waals surface area contributed by atoms with Gasteiger partial charge in [-0.2, -0.15) is 5.10 Å². The summed E-state index contributed by atoms with van der Waals surface area (Å²) in [4.78, 5) is 21.2. The van der Waals surface area contributed by atoms with Crippen LogP contribution in [0.1, 0.15) is 15.5 Å². The topological polar surface area (TPSA) is 92.8 Å². The van der Waals surface area contributed by atoms with E-state index in [4.69, 9.17) is 11.6 Å². The van der Waals surface area contributed by atoms with E-state index < -0.39 is 5.97 Å². The summed E-state index contributed by atoms with van der Waals surface area (Å²) in [6.07, 6.45) is 0. The zero-order chi connectivity index (χ0) is 15.5. The second kappa shape index (κ2) is 6.42. The number of ether oxygens (including phenoxy) is 1. The Bertz CT molecular complexity index is 783. The second-order valence-electron chi connectivity index (χ2n) is 4.07. The fraction of sp³-hybridized carbons (Fsp3) is 0.167. The first-order chi connectivity index (χ1) is 10.7. The van der Waals surface area contributed by atoms with Gasteiger partial charge in [-0.05, 0) is 11.4 Å². The van der Waals surface area contributed by atoms with E-state index in [1.165, 1.54) is 7.11 Å². The van der Waals surface area contributed by atoms with Crippen LogP contribution in [0.15, 0.2) is 17.5 Å². The zero-order valence-corrected chi connectivity index (χ0v) is 13.7. The molecule has 10 heteroatoms. The van der Waals surface area contributed by atoms with Gasteiger partial charge in [0.2, 0.25) is 0 Å². The van der Waals surface area contributed by atoms with Gasteiger partial charge in [-0.15, -0.1) is 11.3 Å². The Kier molecular flexibility index (Phi) is 4.36. The zero-order valence-electron chi connectivity index (χ0n) is 11.3. The van der Waals surface area contributed by atoms with Crippen molar-refractivity contribution >= 4 is 45.4 Å². The molecule has 2 N–H and O–H groups in total. The van der Waals surface area contributed by atoms with E-state index in [-0.39, 0.29) is 10.0 Å². The molecule has 0 amide bonds. The minimum absolute atomic E-state index is 0.121. The molecule has 3 aromatic heterocycles. The summed E-state index contributed by atoms with van der Waals surface area (Å²) in [7, 11) is 1.30. The third-order valence-corrected chi connectivity index (χ3v) is 4.88. The summed E-state index contributed by atoms with van der Waals surface area (Å²) >= 11 is 8.59. The van der Waals surface area contributed by atoms with Gasteiger partial charge in [0.05, 0.1) is 18.5 Å². The molecule has 0 aromatic carbocycles. The monoisotopic (exact) mass is 355 g/mol. The van der Waals surface area contributed by atoms with E-state index >= 15 is 0 Å².